The minimum absolute atomic E-state index is 0. The van der Waals surface area contributed by atoms with Gasteiger partial charge in [-0.1, -0.05) is 33.6 Å². The predicted octanol–water partition coefficient (Wildman–Crippen LogP) is 3.72. The summed E-state index contributed by atoms with van der Waals surface area (Å²) in [5, 5.41) is 6.86. The second-order valence-corrected chi connectivity index (χ2v) is 6.94. The van der Waals surface area contributed by atoms with E-state index in [0.717, 1.165) is 37.4 Å². The first kappa shape index (κ1) is 23.0. The van der Waals surface area contributed by atoms with Crippen LogP contribution in [0, 0.1) is 11.8 Å². The monoisotopic (exact) mass is 438 g/mol. The highest BCUT2D eigenvalue weighted by atomic mass is 127. The van der Waals surface area contributed by atoms with Gasteiger partial charge in [0, 0.05) is 26.2 Å². The molecule has 0 saturated carbocycles. The molecule has 0 aromatic carbocycles. The summed E-state index contributed by atoms with van der Waals surface area (Å²) >= 11 is 0. The average molecular weight is 438 g/mol. The lowest BCUT2D eigenvalue weighted by Crippen LogP contribution is -2.40. The Hall–Kier alpha value is -0.0400. The fraction of sp³-hybridized carbons (Fsp3) is 0.944. The minimum Gasteiger partial charge on any atom is -0.357 e. The first-order valence-corrected chi connectivity index (χ1v) is 9.40. The number of piperidine rings is 1. The van der Waals surface area contributed by atoms with Gasteiger partial charge in [-0.15, -0.1) is 24.0 Å². The Morgan fingerprint density at radius 1 is 1.22 bits per heavy atom. The van der Waals surface area contributed by atoms with Crippen molar-refractivity contribution in [2.24, 2.45) is 16.8 Å². The Kier molecular flexibility index (Phi) is 14.3. The van der Waals surface area contributed by atoms with Crippen molar-refractivity contribution in [3.63, 3.8) is 0 Å². The lowest BCUT2D eigenvalue weighted by atomic mass is 9.98. The maximum atomic E-state index is 4.81. The highest BCUT2D eigenvalue weighted by Crippen LogP contribution is 2.16. The molecule has 1 aliphatic rings. The molecule has 0 aromatic rings. The molecule has 0 spiro atoms. The van der Waals surface area contributed by atoms with Crippen LogP contribution >= 0.6 is 24.0 Å². The summed E-state index contributed by atoms with van der Waals surface area (Å²) in [5.74, 6) is 2.54. The molecule has 4 nitrogen and oxygen atoms in total. The van der Waals surface area contributed by atoms with Crippen LogP contribution in [0.5, 0.6) is 0 Å². The zero-order chi connectivity index (χ0) is 16.2. The van der Waals surface area contributed by atoms with E-state index in [2.05, 4.69) is 43.2 Å². The second kappa shape index (κ2) is 14.3. The number of hydrogen-bond acceptors (Lipinski definition) is 2. The smallest absolute Gasteiger partial charge is 0.191 e. The van der Waals surface area contributed by atoms with E-state index in [1.807, 2.05) is 0 Å². The molecule has 1 rings (SSSR count). The van der Waals surface area contributed by atoms with Gasteiger partial charge in [-0.2, -0.15) is 0 Å². The summed E-state index contributed by atoms with van der Waals surface area (Å²) in [6.07, 6.45) is 6.51. The summed E-state index contributed by atoms with van der Waals surface area (Å²) in [5.41, 5.74) is 0. The molecule has 0 aromatic heterocycles. The summed E-state index contributed by atoms with van der Waals surface area (Å²) in [4.78, 5) is 7.36. The molecule has 1 saturated heterocycles. The zero-order valence-corrected chi connectivity index (χ0v) is 18.1. The number of rotatable bonds is 9. The van der Waals surface area contributed by atoms with E-state index in [1.54, 1.807) is 0 Å². The lowest BCUT2D eigenvalue weighted by molar-refractivity contribution is 0.186. The molecule has 1 aliphatic heterocycles. The molecule has 23 heavy (non-hydrogen) atoms. The number of halogens is 1. The largest absolute Gasteiger partial charge is 0.357 e. The van der Waals surface area contributed by atoms with Gasteiger partial charge in [0.25, 0.3) is 0 Å². The van der Waals surface area contributed by atoms with E-state index in [4.69, 9.17) is 4.99 Å². The van der Waals surface area contributed by atoms with E-state index in [9.17, 15) is 0 Å². The van der Waals surface area contributed by atoms with Crippen LogP contribution in [-0.4, -0.2) is 50.1 Å². The Morgan fingerprint density at radius 2 is 2.00 bits per heavy atom. The van der Waals surface area contributed by atoms with Crippen molar-refractivity contribution < 1.29 is 0 Å². The van der Waals surface area contributed by atoms with Gasteiger partial charge in [0.05, 0.1) is 0 Å². The third kappa shape index (κ3) is 11.2. The minimum atomic E-state index is 0. The second-order valence-electron chi connectivity index (χ2n) is 6.94. The normalized spacial score (nSPS) is 19.5. The van der Waals surface area contributed by atoms with Gasteiger partial charge in [-0.25, -0.2) is 0 Å². The summed E-state index contributed by atoms with van der Waals surface area (Å²) in [7, 11) is 0. The summed E-state index contributed by atoms with van der Waals surface area (Å²) in [6.45, 7) is 15.6. The molecule has 0 radical (unpaired) electrons. The highest BCUT2D eigenvalue weighted by Gasteiger charge is 2.18. The molecular weight excluding hydrogens is 399 g/mol. The van der Waals surface area contributed by atoms with Crippen molar-refractivity contribution in [2.45, 2.75) is 59.8 Å². The van der Waals surface area contributed by atoms with Crippen molar-refractivity contribution in [3.8, 4) is 0 Å². The quantitative estimate of drug-likeness (QED) is 0.250. The fourth-order valence-corrected chi connectivity index (χ4v) is 3.03. The van der Waals surface area contributed by atoms with Gasteiger partial charge in [0.1, 0.15) is 0 Å². The Balaban J connectivity index is 0.00000484. The van der Waals surface area contributed by atoms with Crippen LogP contribution in [0.1, 0.15) is 59.8 Å². The molecule has 1 heterocycles. The zero-order valence-electron chi connectivity index (χ0n) is 15.7. The molecule has 1 unspecified atom stereocenters. The molecule has 0 bridgehead atoms. The van der Waals surface area contributed by atoms with E-state index < -0.39 is 0 Å². The third-order valence-corrected chi connectivity index (χ3v) is 4.40. The molecular formula is C18H39IN4. The number of guanidine groups is 1. The van der Waals surface area contributed by atoms with E-state index in [1.165, 1.54) is 51.7 Å². The van der Waals surface area contributed by atoms with Gasteiger partial charge < -0.3 is 15.5 Å². The Bertz CT molecular complexity index is 307. The van der Waals surface area contributed by atoms with Crippen molar-refractivity contribution in [3.05, 3.63) is 0 Å². The van der Waals surface area contributed by atoms with E-state index in [-0.39, 0.29) is 24.0 Å². The summed E-state index contributed by atoms with van der Waals surface area (Å²) < 4.78 is 0. The first-order chi connectivity index (χ1) is 10.7. The van der Waals surface area contributed by atoms with Crippen molar-refractivity contribution in [1.29, 1.82) is 0 Å². The van der Waals surface area contributed by atoms with E-state index in [0.29, 0.717) is 0 Å². The third-order valence-electron chi connectivity index (χ3n) is 4.40. The van der Waals surface area contributed by atoms with Crippen LogP contribution in [0.15, 0.2) is 4.99 Å². The van der Waals surface area contributed by atoms with Crippen molar-refractivity contribution >= 4 is 29.9 Å². The topological polar surface area (TPSA) is 39.7 Å². The fourth-order valence-electron chi connectivity index (χ4n) is 3.03. The molecule has 1 fully saturated rings. The maximum Gasteiger partial charge on any atom is 0.191 e. The van der Waals surface area contributed by atoms with Crippen LogP contribution in [0.4, 0.5) is 0 Å². The SMILES string of the molecule is CCNC(=NCC1CCCN(CC)C1)NCCCCC(C)C.I. The molecule has 2 N–H and O–H groups in total. The number of hydrogen-bond donors (Lipinski definition) is 2. The van der Waals surface area contributed by atoms with Gasteiger partial charge in [0.15, 0.2) is 5.96 Å². The molecule has 138 valence electrons. The Morgan fingerprint density at radius 3 is 2.65 bits per heavy atom. The van der Waals surface area contributed by atoms with Crippen LogP contribution < -0.4 is 10.6 Å². The Labute approximate surface area is 161 Å². The average Bonchev–Trinajstić information content (AvgIpc) is 2.52. The lowest BCUT2D eigenvalue weighted by Gasteiger charge is -2.31. The number of likely N-dealkylation sites (tertiary alicyclic amines) is 1. The number of aliphatic imine (C=N–C) groups is 1. The van der Waals surface area contributed by atoms with Crippen LogP contribution in [0.2, 0.25) is 0 Å². The van der Waals surface area contributed by atoms with E-state index >= 15 is 0 Å². The van der Waals surface area contributed by atoms with Crippen LogP contribution in [-0.2, 0) is 0 Å². The van der Waals surface area contributed by atoms with Crippen molar-refractivity contribution in [2.75, 3.05) is 39.3 Å². The first-order valence-electron chi connectivity index (χ1n) is 9.40. The van der Waals surface area contributed by atoms with Gasteiger partial charge in [-0.3, -0.25) is 4.99 Å². The number of nitrogens with one attached hydrogen (secondary N) is 2. The molecule has 0 amide bonds. The number of nitrogens with zero attached hydrogens (tertiary/aromatic N) is 2. The van der Waals surface area contributed by atoms with Gasteiger partial charge in [0.2, 0.25) is 0 Å². The molecule has 5 heteroatoms. The standard InChI is InChI=1S/C18H38N4.HI/c1-5-19-18(20-12-8-7-10-16(3)4)21-14-17-11-9-13-22(6-2)15-17;/h16-17H,5-15H2,1-4H3,(H2,19,20,21);1H. The highest BCUT2D eigenvalue weighted by molar-refractivity contribution is 14.0. The number of unbranched alkanes of at least 4 members (excludes halogenated alkanes) is 1. The molecule has 0 aliphatic carbocycles. The predicted molar refractivity (Wildman–Crippen MR) is 113 cm³/mol. The van der Waals surface area contributed by atoms with Crippen LogP contribution in [0.25, 0.3) is 0 Å². The molecule has 1 atom stereocenters. The summed E-state index contributed by atoms with van der Waals surface area (Å²) in [6, 6.07) is 0. The van der Waals surface area contributed by atoms with Crippen molar-refractivity contribution in [1.82, 2.24) is 15.5 Å². The maximum absolute atomic E-state index is 4.81. The van der Waals surface area contributed by atoms with Gasteiger partial charge >= 0.3 is 0 Å². The van der Waals surface area contributed by atoms with Gasteiger partial charge in [-0.05, 0) is 51.1 Å². The van der Waals surface area contributed by atoms with Crippen LogP contribution in [0.3, 0.4) is 0 Å².